The zero-order valence-corrected chi connectivity index (χ0v) is 24.3. The van der Waals surface area contributed by atoms with Crippen molar-refractivity contribution >= 4 is 27.7 Å². The molecule has 1 aliphatic heterocycles. The molecule has 4 rings (SSSR count). The molecular weight excluding hydrogens is 569 g/mol. The molecule has 2 atom stereocenters. The fourth-order valence-corrected chi connectivity index (χ4v) is 5.57. The highest BCUT2D eigenvalue weighted by molar-refractivity contribution is 9.10. The van der Waals surface area contributed by atoms with Gasteiger partial charge >= 0.3 is 5.97 Å². The van der Waals surface area contributed by atoms with Gasteiger partial charge in [0.25, 0.3) is 0 Å². The Labute approximate surface area is 236 Å². The minimum atomic E-state index is -0.699. The van der Waals surface area contributed by atoms with Crippen molar-refractivity contribution in [2.75, 3.05) is 27.4 Å². The molecule has 1 N–H and O–H groups in total. The molecular formula is C30H33BrFNO6. The van der Waals surface area contributed by atoms with Crippen LogP contribution in [0.3, 0.4) is 0 Å². The third-order valence-corrected chi connectivity index (χ3v) is 7.58. The normalized spacial score (nSPS) is 19.1. The van der Waals surface area contributed by atoms with Crippen LogP contribution in [0, 0.1) is 5.82 Å². The van der Waals surface area contributed by atoms with E-state index in [0.717, 1.165) is 11.3 Å². The number of carbonyl (C=O) groups is 2. The average Bonchev–Trinajstić information content (AvgIpc) is 2.91. The lowest BCUT2D eigenvalue weighted by Gasteiger charge is -2.37. The largest absolute Gasteiger partial charge is 0.493 e. The van der Waals surface area contributed by atoms with Gasteiger partial charge in [0, 0.05) is 29.3 Å². The molecule has 39 heavy (non-hydrogen) atoms. The Kier molecular flexibility index (Phi) is 9.12. The topological polar surface area (TPSA) is 83.1 Å². The van der Waals surface area contributed by atoms with E-state index < -0.39 is 17.7 Å². The summed E-state index contributed by atoms with van der Waals surface area (Å²) in [6.45, 7) is 5.94. The first-order valence-electron chi connectivity index (χ1n) is 12.8. The first-order chi connectivity index (χ1) is 18.6. The van der Waals surface area contributed by atoms with Crippen molar-refractivity contribution in [3.05, 3.63) is 80.4 Å². The number of carbonyl (C=O) groups excluding carboxylic acids is 2. The summed E-state index contributed by atoms with van der Waals surface area (Å²) < 4.78 is 36.3. The number of benzene rings is 2. The van der Waals surface area contributed by atoms with Crippen LogP contribution >= 0.6 is 15.9 Å². The van der Waals surface area contributed by atoms with Crippen LogP contribution < -0.4 is 14.8 Å². The maximum Gasteiger partial charge on any atom is 0.336 e. The molecule has 0 unspecified atom stereocenters. The van der Waals surface area contributed by atoms with Gasteiger partial charge in [-0.05, 0) is 84.4 Å². The van der Waals surface area contributed by atoms with Crippen LogP contribution in [0.1, 0.15) is 56.6 Å². The molecule has 208 valence electrons. The summed E-state index contributed by atoms with van der Waals surface area (Å²) in [6, 6.07) is 10.2. The number of dihydropyridines is 1. The molecule has 0 saturated heterocycles. The number of methoxy groups -OCH3 is 2. The second-order valence-electron chi connectivity index (χ2n) is 9.86. The van der Waals surface area contributed by atoms with Gasteiger partial charge in [0.1, 0.15) is 12.4 Å². The van der Waals surface area contributed by atoms with E-state index in [-0.39, 0.29) is 41.9 Å². The summed E-state index contributed by atoms with van der Waals surface area (Å²) >= 11 is 3.26. The van der Waals surface area contributed by atoms with Crippen molar-refractivity contribution in [2.45, 2.75) is 51.6 Å². The fraction of sp³-hybridized carbons (Fsp3) is 0.400. The SMILES string of the molecule is COc1ccc([C@H]2CC(=O)C3=C(C2)NC(C)=C(C(=O)OCCOC(C)C)[C@@H]3c2ccc(F)c(Br)c2)cc1OC. The summed E-state index contributed by atoms with van der Waals surface area (Å²) in [5.74, 6) is -0.651. The van der Waals surface area contributed by atoms with Gasteiger partial charge in [-0.1, -0.05) is 12.1 Å². The molecule has 1 heterocycles. The second kappa shape index (κ2) is 12.3. The van der Waals surface area contributed by atoms with E-state index in [1.807, 2.05) is 32.0 Å². The number of nitrogens with one attached hydrogen (secondary N) is 1. The molecule has 0 amide bonds. The quantitative estimate of drug-likeness (QED) is 0.281. The number of hydrogen-bond donors (Lipinski definition) is 1. The van der Waals surface area contributed by atoms with Crippen LogP contribution in [0.5, 0.6) is 11.5 Å². The van der Waals surface area contributed by atoms with Crippen LogP contribution in [-0.4, -0.2) is 45.3 Å². The molecule has 0 radical (unpaired) electrons. The van der Waals surface area contributed by atoms with Gasteiger partial charge < -0.3 is 24.3 Å². The molecule has 0 fully saturated rings. The Morgan fingerprint density at radius 1 is 1.05 bits per heavy atom. The van der Waals surface area contributed by atoms with Crippen molar-refractivity contribution in [2.24, 2.45) is 0 Å². The van der Waals surface area contributed by atoms with Gasteiger partial charge in [0.15, 0.2) is 17.3 Å². The molecule has 0 bridgehead atoms. The maximum absolute atomic E-state index is 14.2. The van der Waals surface area contributed by atoms with Crippen LogP contribution in [-0.2, 0) is 19.1 Å². The van der Waals surface area contributed by atoms with E-state index in [1.54, 1.807) is 33.3 Å². The average molecular weight is 602 g/mol. The van der Waals surface area contributed by atoms with Crippen LogP contribution in [0.4, 0.5) is 4.39 Å². The van der Waals surface area contributed by atoms with Gasteiger partial charge in [0.2, 0.25) is 0 Å². The molecule has 0 aromatic heterocycles. The molecule has 2 aromatic rings. The Morgan fingerprint density at radius 3 is 2.44 bits per heavy atom. The third-order valence-electron chi connectivity index (χ3n) is 6.97. The first-order valence-corrected chi connectivity index (χ1v) is 13.6. The lowest BCUT2D eigenvalue weighted by molar-refractivity contribution is -0.141. The third kappa shape index (κ3) is 6.20. The minimum absolute atomic E-state index is 0.0107. The number of esters is 1. The van der Waals surface area contributed by atoms with Crippen molar-refractivity contribution in [1.29, 1.82) is 0 Å². The van der Waals surface area contributed by atoms with Gasteiger partial charge in [-0.25, -0.2) is 9.18 Å². The smallest absolute Gasteiger partial charge is 0.336 e. The fourth-order valence-electron chi connectivity index (χ4n) is 5.17. The Balaban J connectivity index is 1.71. The van der Waals surface area contributed by atoms with Crippen molar-refractivity contribution in [1.82, 2.24) is 5.32 Å². The highest BCUT2D eigenvalue weighted by Crippen LogP contribution is 2.47. The van der Waals surface area contributed by atoms with E-state index in [2.05, 4.69) is 21.2 Å². The van der Waals surface area contributed by atoms with Crippen LogP contribution in [0.15, 0.2) is 63.4 Å². The number of Topliss-reactive ketones (excluding diaryl/α,β-unsaturated/α-hetero) is 1. The first kappa shape index (κ1) is 28.8. The van der Waals surface area contributed by atoms with Gasteiger partial charge in [-0.2, -0.15) is 0 Å². The molecule has 0 spiro atoms. The zero-order valence-electron chi connectivity index (χ0n) is 22.7. The van der Waals surface area contributed by atoms with E-state index >= 15 is 0 Å². The number of halogens is 2. The predicted molar refractivity (Wildman–Crippen MR) is 148 cm³/mol. The number of hydrogen-bond acceptors (Lipinski definition) is 7. The molecule has 0 saturated carbocycles. The van der Waals surface area contributed by atoms with Gasteiger partial charge in [-0.3, -0.25) is 4.79 Å². The monoisotopic (exact) mass is 601 g/mol. The Morgan fingerprint density at radius 2 is 1.77 bits per heavy atom. The zero-order chi connectivity index (χ0) is 28.3. The summed E-state index contributed by atoms with van der Waals surface area (Å²) in [6.07, 6.45) is 0.812. The van der Waals surface area contributed by atoms with E-state index in [9.17, 15) is 14.0 Å². The minimum Gasteiger partial charge on any atom is -0.493 e. The van der Waals surface area contributed by atoms with Crippen molar-refractivity contribution in [3.63, 3.8) is 0 Å². The number of ether oxygens (including phenoxy) is 4. The standard InChI is InChI=1S/C30H33BrFNO6/c1-16(2)38-10-11-39-30(35)27-17(3)33-23-13-20(18-7-9-25(36-4)26(15-18)37-5)14-24(34)29(23)28(27)19-6-8-22(32)21(31)12-19/h6-9,12,15-16,20,28,33H,10-11,13-14H2,1-5H3/t20-,28+/m1/s1. The summed E-state index contributed by atoms with van der Waals surface area (Å²) in [7, 11) is 3.15. The van der Waals surface area contributed by atoms with E-state index in [0.29, 0.717) is 40.3 Å². The van der Waals surface area contributed by atoms with Crippen molar-refractivity contribution < 1.29 is 32.9 Å². The maximum atomic E-state index is 14.2. The van der Waals surface area contributed by atoms with Crippen molar-refractivity contribution in [3.8, 4) is 11.5 Å². The lowest BCUT2D eigenvalue weighted by Crippen LogP contribution is -2.36. The highest BCUT2D eigenvalue weighted by Gasteiger charge is 2.41. The summed E-state index contributed by atoms with van der Waals surface area (Å²) in [5, 5.41) is 3.33. The number of allylic oxidation sites excluding steroid dienone is 3. The highest BCUT2D eigenvalue weighted by atomic mass is 79.9. The van der Waals surface area contributed by atoms with Gasteiger partial charge in [-0.15, -0.1) is 0 Å². The summed E-state index contributed by atoms with van der Waals surface area (Å²) in [5.41, 5.74) is 3.74. The summed E-state index contributed by atoms with van der Waals surface area (Å²) in [4.78, 5) is 27.2. The Bertz CT molecular complexity index is 1330. The second-order valence-corrected chi connectivity index (χ2v) is 10.7. The molecule has 9 heteroatoms. The van der Waals surface area contributed by atoms with E-state index in [4.69, 9.17) is 18.9 Å². The molecule has 7 nitrogen and oxygen atoms in total. The number of ketones is 1. The van der Waals surface area contributed by atoms with Gasteiger partial charge in [0.05, 0.1) is 37.0 Å². The van der Waals surface area contributed by atoms with Crippen LogP contribution in [0.2, 0.25) is 0 Å². The van der Waals surface area contributed by atoms with Crippen LogP contribution in [0.25, 0.3) is 0 Å². The van der Waals surface area contributed by atoms with E-state index in [1.165, 1.54) is 6.07 Å². The number of rotatable bonds is 9. The molecule has 2 aliphatic rings. The molecule has 1 aliphatic carbocycles. The predicted octanol–water partition coefficient (Wildman–Crippen LogP) is 5.94. The molecule has 2 aromatic carbocycles. The Hall–Kier alpha value is -3.17. The lowest BCUT2D eigenvalue weighted by atomic mass is 9.71.